The molecule has 1 amide bonds. The summed E-state index contributed by atoms with van der Waals surface area (Å²) in [5, 5.41) is 19.3. The molecule has 8 nitrogen and oxygen atoms in total. The van der Waals surface area contributed by atoms with Crippen molar-refractivity contribution in [1.82, 2.24) is 24.6 Å². The van der Waals surface area contributed by atoms with Crippen LogP contribution in [0.15, 0.2) is 24.7 Å². The molecular formula is C12H15N5O3. The first-order chi connectivity index (χ1) is 9.58. The summed E-state index contributed by atoms with van der Waals surface area (Å²) in [5.74, 6) is -0.523. The Morgan fingerprint density at radius 2 is 2.25 bits per heavy atom. The lowest BCUT2D eigenvalue weighted by molar-refractivity contribution is -0.121. The van der Waals surface area contributed by atoms with Crippen LogP contribution < -0.4 is 5.32 Å². The number of hydrogen-bond acceptors (Lipinski definition) is 4. The van der Waals surface area contributed by atoms with Crippen LogP contribution >= 0.6 is 0 Å². The highest BCUT2D eigenvalue weighted by Crippen LogP contribution is 2.01. The van der Waals surface area contributed by atoms with E-state index in [2.05, 4.69) is 15.5 Å². The van der Waals surface area contributed by atoms with Crippen molar-refractivity contribution < 1.29 is 14.7 Å². The molecule has 0 fully saturated rings. The summed E-state index contributed by atoms with van der Waals surface area (Å²) in [6, 6.07) is 3.05. The number of aromatic nitrogens is 4. The summed E-state index contributed by atoms with van der Waals surface area (Å²) in [6.07, 6.45) is 3.72. The van der Waals surface area contributed by atoms with Crippen LogP contribution in [0.4, 0.5) is 0 Å². The maximum Gasteiger partial charge on any atom is 0.352 e. The van der Waals surface area contributed by atoms with E-state index >= 15 is 0 Å². The minimum atomic E-state index is -1.05. The predicted octanol–water partition coefficient (Wildman–Crippen LogP) is -0.326. The lowest BCUT2D eigenvalue weighted by Gasteiger charge is -2.07. The summed E-state index contributed by atoms with van der Waals surface area (Å²) < 4.78 is 3.17. The topological polar surface area (TPSA) is 102 Å². The van der Waals surface area contributed by atoms with Gasteiger partial charge < -0.3 is 19.6 Å². The highest BCUT2D eigenvalue weighted by molar-refractivity contribution is 5.86. The molecule has 0 aromatic carbocycles. The molecule has 20 heavy (non-hydrogen) atoms. The number of aromatic carboxylic acids is 1. The first kappa shape index (κ1) is 13.8. The fraction of sp³-hybridized carbons (Fsp3) is 0.333. The van der Waals surface area contributed by atoms with Gasteiger partial charge in [-0.15, -0.1) is 10.2 Å². The molecular weight excluding hydrogens is 262 g/mol. The molecule has 0 radical (unpaired) electrons. The molecule has 0 aliphatic rings. The minimum absolute atomic E-state index is 0.0204. The second-order valence-electron chi connectivity index (χ2n) is 4.28. The Morgan fingerprint density at radius 3 is 2.90 bits per heavy atom. The number of nitrogens with one attached hydrogen (secondary N) is 1. The fourth-order valence-electron chi connectivity index (χ4n) is 1.80. The molecule has 0 aliphatic heterocycles. The Morgan fingerprint density at radius 1 is 1.45 bits per heavy atom. The Kier molecular flexibility index (Phi) is 4.14. The van der Waals surface area contributed by atoms with Crippen molar-refractivity contribution >= 4 is 11.9 Å². The number of carbonyl (C=O) groups is 2. The van der Waals surface area contributed by atoms with Gasteiger partial charge in [-0.3, -0.25) is 4.79 Å². The first-order valence-electron chi connectivity index (χ1n) is 6.06. The van der Waals surface area contributed by atoms with Crippen molar-refractivity contribution in [2.24, 2.45) is 7.05 Å². The van der Waals surface area contributed by atoms with E-state index in [0.29, 0.717) is 13.0 Å². The summed E-state index contributed by atoms with van der Waals surface area (Å²) in [5.41, 5.74) is 0.0912. The second kappa shape index (κ2) is 6.00. The summed E-state index contributed by atoms with van der Waals surface area (Å²) in [7, 11) is 1.83. The van der Waals surface area contributed by atoms with E-state index in [1.54, 1.807) is 23.2 Å². The van der Waals surface area contributed by atoms with Crippen LogP contribution in [0, 0.1) is 0 Å². The molecule has 0 aliphatic carbocycles. The predicted molar refractivity (Wildman–Crippen MR) is 69.1 cm³/mol. The van der Waals surface area contributed by atoms with E-state index in [9.17, 15) is 9.59 Å². The minimum Gasteiger partial charge on any atom is -0.477 e. The third kappa shape index (κ3) is 3.22. The van der Waals surface area contributed by atoms with Gasteiger partial charge in [0.05, 0.1) is 0 Å². The fourth-order valence-corrected chi connectivity index (χ4v) is 1.80. The number of carboxylic acid groups (broad SMARTS) is 1. The van der Waals surface area contributed by atoms with Gasteiger partial charge in [0.25, 0.3) is 0 Å². The average molecular weight is 277 g/mol. The second-order valence-corrected chi connectivity index (χ2v) is 4.28. The van der Waals surface area contributed by atoms with Crippen LogP contribution in [-0.2, 0) is 24.8 Å². The van der Waals surface area contributed by atoms with Crippen molar-refractivity contribution in [3.05, 3.63) is 36.2 Å². The van der Waals surface area contributed by atoms with Gasteiger partial charge in [-0.2, -0.15) is 0 Å². The standard InChI is InChI=1S/C12H15N5O3/c1-16-8-14-15-10(16)4-5-13-11(18)7-17-6-2-3-9(17)12(19)20/h2-3,6,8H,4-5,7H2,1H3,(H,13,18)(H,19,20). The number of carboxylic acids is 1. The van der Waals surface area contributed by atoms with Crippen molar-refractivity contribution in [3.8, 4) is 0 Å². The van der Waals surface area contributed by atoms with Crippen LogP contribution in [0.3, 0.4) is 0 Å². The van der Waals surface area contributed by atoms with Crippen LogP contribution in [-0.4, -0.2) is 42.9 Å². The first-order valence-corrected chi connectivity index (χ1v) is 6.06. The van der Waals surface area contributed by atoms with E-state index < -0.39 is 5.97 Å². The molecule has 0 spiro atoms. The van der Waals surface area contributed by atoms with E-state index in [1.165, 1.54) is 10.6 Å². The van der Waals surface area contributed by atoms with E-state index in [0.717, 1.165) is 5.82 Å². The Balaban J connectivity index is 1.82. The highest BCUT2D eigenvalue weighted by atomic mass is 16.4. The lowest BCUT2D eigenvalue weighted by Crippen LogP contribution is -2.30. The molecule has 0 bridgehead atoms. The molecule has 0 atom stereocenters. The Labute approximate surface area is 115 Å². The van der Waals surface area contributed by atoms with Crippen LogP contribution in [0.25, 0.3) is 0 Å². The number of rotatable bonds is 6. The maximum absolute atomic E-state index is 11.7. The highest BCUT2D eigenvalue weighted by Gasteiger charge is 2.11. The zero-order valence-corrected chi connectivity index (χ0v) is 11.0. The lowest BCUT2D eigenvalue weighted by atomic mass is 10.4. The number of carbonyl (C=O) groups excluding carboxylic acids is 1. The quantitative estimate of drug-likeness (QED) is 0.753. The van der Waals surface area contributed by atoms with Gasteiger partial charge in [-0.25, -0.2) is 4.79 Å². The van der Waals surface area contributed by atoms with E-state index in [4.69, 9.17) is 5.11 Å². The molecule has 8 heteroatoms. The van der Waals surface area contributed by atoms with Gasteiger partial charge in [0.1, 0.15) is 24.4 Å². The third-order valence-corrected chi connectivity index (χ3v) is 2.84. The molecule has 0 unspecified atom stereocenters. The van der Waals surface area contributed by atoms with E-state index in [1.807, 2.05) is 7.05 Å². The largest absolute Gasteiger partial charge is 0.477 e. The number of nitrogens with zero attached hydrogens (tertiary/aromatic N) is 4. The Bertz CT molecular complexity index is 616. The molecule has 106 valence electrons. The molecule has 2 heterocycles. The van der Waals surface area contributed by atoms with Gasteiger partial charge in [-0.05, 0) is 12.1 Å². The molecule has 2 aromatic rings. The summed E-state index contributed by atoms with van der Waals surface area (Å²) in [4.78, 5) is 22.6. The zero-order chi connectivity index (χ0) is 14.5. The van der Waals surface area contributed by atoms with E-state index in [-0.39, 0.29) is 18.1 Å². The molecule has 0 saturated carbocycles. The summed E-state index contributed by atoms with van der Waals surface area (Å²) >= 11 is 0. The Hall–Kier alpha value is -2.64. The molecule has 2 rings (SSSR count). The van der Waals surface area contributed by atoms with Crippen molar-refractivity contribution in [3.63, 3.8) is 0 Å². The zero-order valence-electron chi connectivity index (χ0n) is 11.0. The number of hydrogen-bond donors (Lipinski definition) is 2. The normalized spacial score (nSPS) is 10.4. The van der Waals surface area contributed by atoms with Crippen LogP contribution in [0.5, 0.6) is 0 Å². The molecule has 2 N–H and O–H groups in total. The third-order valence-electron chi connectivity index (χ3n) is 2.84. The monoisotopic (exact) mass is 277 g/mol. The van der Waals surface area contributed by atoms with Gasteiger partial charge in [0.2, 0.25) is 5.91 Å². The average Bonchev–Trinajstić information content (AvgIpc) is 2.99. The van der Waals surface area contributed by atoms with Gasteiger partial charge in [0, 0.05) is 26.2 Å². The van der Waals surface area contributed by atoms with Crippen molar-refractivity contribution in [2.45, 2.75) is 13.0 Å². The molecule has 2 aromatic heterocycles. The van der Waals surface area contributed by atoms with Crippen LogP contribution in [0.2, 0.25) is 0 Å². The summed E-state index contributed by atoms with van der Waals surface area (Å²) in [6.45, 7) is 0.405. The van der Waals surface area contributed by atoms with Gasteiger partial charge in [-0.1, -0.05) is 0 Å². The number of aryl methyl sites for hydroxylation is 1. The number of amides is 1. The van der Waals surface area contributed by atoms with Gasteiger partial charge in [0.15, 0.2) is 0 Å². The maximum atomic E-state index is 11.7. The smallest absolute Gasteiger partial charge is 0.352 e. The van der Waals surface area contributed by atoms with Gasteiger partial charge >= 0.3 is 5.97 Å². The SMILES string of the molecule is Cn1cnnc1CCNC(=O)Cn1cccc1C(=O)O. The molecule has 0 saturated heterocycles. The van der Waals surface area contributed by atoms with Crippen molar-refractivity contribution in [1.29, 1.82) is 0 Å². The van der Waals surface area contributed by atoms with Crippen LogP contribution in [0.1, 0.15) is 16.3 Å². The van der Waals surface area contributed by atoms with Crippen molar-refractivity contribution in [2.75, 3.05) is 6.54 Å².